The number of urea groups is 1. The van der Waals surface area contributed by atoms with Gasteiger partial charge in [0.05, 0.1) is 31.3 Å². The van der Waals surface area contributed by atoms with Crippen LogP contribution < -0.4 is 0 Å². The summed E-state index contributed by atoms with van der Waals surface area (Å²) in [5.41, 5.74) is -0.799. The second-order valence-electron chi connectivity index (χ2n) is 5.91. The van der Waals surface area contributed by atoms with E-state index in [1.54, 1.807) is 9.80 Å². The van der Waals surface area contributed by atoms with Crippen LogP contribution >= 0.6 is 0 Å². The Bertz CT molecular complexity index is 403. The molecule has 0 aromatic carbocycles. The van der Waals surface area contributed by atoms with E-state index in [4.69, 9.17) is 9.84 Å². The Hall–Kier alpha value is -1.34. The van der Waals surface area contributed by atoms with Crippen LogP contribution in [0.5, 0.6) is 0 Å². The number of aliphatic hydroxyl groups is 1. The number of carboxylic acid groups (broad SMARTS) is 1. The van der Waals surface area contributed by atoms with E-state index >= 15 is 0 Å². The Morgan fingerprint density at radius 1 is 1.33 bits per heavy atom. The molecule has 2 fully saturated rings. The quantitative estimate of drug-likeness (QED) is 0.783. The number of aliphatic hydroxyl groups excluding tert-OH is 1. The molecule has 2 heterocycles. The predicted molar refractivity (Wildman–Crippen MR) is 75.0 cm³/mol. The first-order valence-electron chi connectivity index (χ1n) is 7.52. The van der Waals surface area contributed by atoms with E-state index in [1.807, 2.05) is 6.92 Å². The SMILES string of the molecule is CCCC1(C(=O)O)CCN(C(=O)N2CCOC(CO)C2)C1. The summed E-state index contributed by atoms with van der Waals surface area (Å²) in [4.78, 5) is 27.3. The van der Waals surface area contributed by atoms with Crippen LogP contribution in [0.4, 0.5) is 4.79 Å². The van der Waals surface area contributed by atoms with Gasteiger partial charge in [-0.1, -0.05) is 13.3 Å². The zero-order chi connectivity index (χ0) is 15.5. The van der Waals surface area contributed by atoms with Crippen LogP contribution in [0.3, 0.4) is 0 Å². The number of nitrogens with zero attached hydrogens (tertiary/aromatic N) is 2. The largest absolute Gasteiger partial charge is 0.481 e. The van der Waals surface area contributed by atoms with Crippen LogP contribution in [0.1, 0.15) is 26.2 Å². The van der Waals surface area contributed by atoms with E-state index in [2.05, 4.69) is 0 Å². The lowest BCUT2D eigenvalue weighted by atomic mass is 9.83. The monoisotopic (exact) mass is 300 g/mol. The van der Waals surface area contributed by atoms with E-state index in [9.17, 15) is 14.7 Å². The first-order valence-corrected chi connectivity index (χ1v) is 7.52. The number of rotatable bonds is 4. The minimum atomic E-state index is -0.810. The highest BCUT2D eigenvalue weighted by Gasteiger charge is 2.46. The summed E-state index contributed by atoms with van der Waals surface area (Å²) in [6.07, 6.45) is 1.55. The molecule has 2 unspecified atom stereocenters. The van der Waals surface area contributed by atoms with Crippen LogP contribution in [0.25, 0.3) is 0 Å². The Labute approximate surface area is 124 Å². The molecule has 2 saturated heterocycles. The Balaban J connectivity index is 1.99. The van der Waals surface area contributed by atoms with Crippen molar-refractivity contribution in [3.05, 3.63) is 0 Å². The summed E-state index contributed by atoms with van der Waals surface area (Å²) in [5.74, 6) is -0.810. The molecule has 2 aliphatic heterocycles. The fourth-order valence-electron chi connectivity index (χ4n) is 3.20. The maximum absolute atomic E-state index is 12.5. The van der Waals surface area contributed by atoms with Crippen molar-refractivity contribution in [2.24, 2.45) is 5.41 Å². The van der Waals surface area contributed by atoms with Gasteiger partial charge in [-0.05, 0) is 12.8 Å². The number of morpholine rings is 1. The average molecular weight is 300 g/mol. The van der Waals surface area contributed by atoms with Gasteiger partial charge < -0.3 is 24.7 Å². The predicted octanol–water partition coefficient (Wildman–Crippen LogP) is 0.376. The summed E-state index contributed by atoms with van der Waals surface area (Å²) < 4.78 is 5.33. The second kappa shape index (κ2) is 6.62. The van der Waals surface area contributed by atoms with Crippen molar-refractivity contribution < 1.29 is 24.5 Å². The van der Waals surface area contributed by atoms with E-state index in [1.165, 1.54) is 0 Å². The highest BCUT2D eigenvalue weighted by molar-refractivity contribution is 5.80. The first-order chi connectivity index (χ1) is 10.0. The molecule has 0 radical (unpaired) electrons. The molecule has 0 aromatic rings. The summed E-state index contributed by atoms with van der Waals surface area (Å²) in [7, 11) is 0. The van der Waals surface area contributed by atoms with Crippen molar-refractivity contribution >= 4 is 12.0 Å². The van der Waals surface area contributed by atoms with Crippen LogP contribution in [0.15, 0.2) is 0 Å². The van der Waals surface area contributed by atoms with Crippen LogP contribution in [0, 0.1) is 5.41 Å². The number of ether oxygens (including phenoxy) is 1. The van der Waals surface area contributed by atoms with Gasteiger partial charge >= 0.3 is 12.0 Å². The number of hydrogen-bond acceptors (Lipinski definition) is 4. The number of carbonyl (C=O) groups excluding carboxylic acids is 1. The molecule has 0 spiro atoms. The van der Waals surface area contributed by atoms with Gasteiger partial charge in [-0.3, -0.25) is 4.79 Å². The van der Waals surface area contributed by atoms with Gasteiger partial charge in [-0.2, -0.15) is 0 Å². The van der Waals surface area contributed by atoms with E-state index in [0.29, 0.717) is 39.1 Å². The molecule has 2 rings (SSSR count). The lowest BCUT2D eigenvalue weighted by Gasteiger charge is -2.35. The average Bonchev–Trinajstić information content (AvgIpc) is 2.92. The third kappa shape index (κ3) is 3.29. The van der Waals surface area contributed by atoms with Crippen molar-refractivity contribution in [3.63, 3.8) is 0 Å². The third-order valence-corrected chi connectivity index (χ3v) is 4.42. The van der Waals surface area contributed by atoms with Crippen molar-refractivity contribution in [1.29, 1.82) is 0 Å². The highest BCUT2D eigenvalue weighted by Crippen LogP contribution is 2.36. The third-order valence-electron chi connectivity index (χ3n) is 4.42. The smallest absolute Gasteiger partial charge is 0.320 e. The number of amides is 2. The second-order valence-corrected chi connectivity index (χ2v) is 5.91. The summed E-state index contributed by atoms with van der Waals surface area (Å²) in [5, 5.41) is 18.6. The fraction of sp³-hybridized carbons (Fsp3) is 0.857. The van der Waals surface area contributed by atoms with Crippen LogP contribution in [0.2, 0.25) is 0 Å². The maximum Gasteiger partial charge on any atom is 0.320 e. The number of carboxylic acids is 1. The van der Waals surface area contributed by atoms with Crippen molar-refractivity contribution in [2.45, 2.75) is 32.3 Å². The molecule has 7 heteroatoms. The molecule has 0 aliphatic carbocycles. The van der Waals surface area contributed by atoms with Gasteiger partial charge in [0.1, 0.15) is 0 Å². The zero-order valence-corrected chi connectivity index (χ0v) is 12.5. The minimum Gasteiger partial charge on any atom is -0.481 e. The van der Waals surface area contributed by atoms with Gasteiger partial charge in [0, 0.05) is 19.6 Å². The molecule has 2 amide bonds. The van der Waals surface area contributed by atoms with Gasteiger partial charge in [0.15, 0.2) is 0 Å². The standard InChI is InChI=1S/C14H24N2O5/c1-2-3-14(12(18)19)4-5-16(10-14)13(20)15-6-7-21-11(8-15)9-17/h11,17H,2-10H2,1H3,(H,18,19). The summed E-state index contributed by atoms with van der Waals surface area (Å²) in [6.45, 7) is 3.85. The van der Waals surface area contributed by atoms with Gasteiger partial charge in [0.25, 0.3) is 0 Å². The van der Waals surface area contributed by atoms with Crippen molar-refractivity contribution in [3.8, 4) is 0 Å². The summed E-state index contributed by atoms with van der Waals surface area (Å²) >= 11 is 0. The molecule has 21 heavy (non-hydrogen) atoms. The number of aliphatic carboxylic acids is 1. The fourth-order valence-corrected chi connectivity index (χ4v) is 3.20. The Morgan fingerprint density at radius 2 is 2.10 bits per heavy atom. The number of carbonyl (C=O) groups is 2. The summed E-state index contributed by atoms with van der Waals surface area (Å²) in [6, 6.07) is -0.143. The molecular weight excluding hydrogens is 276 g/mol. The van der Waals surface area contributed by atoms with Gasteiger partial charge in [-0.15, -0.1) is 0 Å². The molecular formula is C14H24N2O5. The van der Waals surface area contributed by atoms with Crippen molar-refractivity contribution in [2.75, 3.05) is 39.4 Å². The molecule has 7 nitrogen and oxygen atoms in total. The highest BCUT2D eigenvalue weighted by atomic mass is 16.5. The topological polar surface area (TPSA) is 90.3 Å². The normalized spacial score (nSPS) is 29.7. The lowest BCUT2D eigenvalue weighted by Crippen LogP contribution is -2.52. The molecule has 2 N–H and O–H groups in total. The number of likely N-dealkylation sites (tertiary alicyclic amines) is 1. The van der Waals surface area contributed by atoms with Gasteiger partial charge in [0.2, 0.25) is 0 Å². The maximum atomic E-state index is 12.5. The van der Waals surface area contributed by atoms with Crippen molar-refractivity contribution in [1.82, 2.24) is 9.80 Å². The molecule has 2 atom stereocenters. The molecule has 120 valence electrons. The molecule has 0 bridgehead atoms. The molecule has 0 aromatic heterocycles. The molecule has 2 aliphatic rings. The van der Waals surface area contributed by atoms with Gasteiger partial charge in [-0.25, -0.2) is 4.79 Å². The van der Waals surface area contributed by atoms with E-state index < -0.39 is 11.4 Å². The Morgan fingerprint density at radius 3 is 2.71 bits per heavy atom. The van der Waals surface area contributed by atoms with E-state index in [-0.39, 0.29) is 25.3 Å². The Kier molecular flexibility index (Phi) is 5.05. The lowest BCUT2D eigenvalue weighted by molar-refractivity contribution is -0.148. The first kappa shape index (κ1) is 16.0. The zero-order valence-electron chi connectivity index (χ0n) is 12.5. The van der Waals surface area contributed by atoms with E-state index in [0.717, 1.165) is 6.42 Å². The van der Waals surface area contributed by atoms with Crippen LogP contribution in [-0.2, 0) is 9.53 Å². The molecule has 0 saturated carbocycles. The number of hydrogen-bond donors (Lipinski definition) is 2. The minimum absolute atomic E-state index is 0.112. The van der Waals surface area contributed by atoms with Crippen LogP contribution in [-0.4, -0.2) is 77.5 Å².